The average Bonchev–Trinajstić information content (AvgIpc) is 2.86. The Morgan fingerprint density at radius 3 is 2.89 bits per heavy atom. The van der Waals surface area contributed by atoms with E-state index in [-0.39, 0.29) is 5.91 Å². The molecule has 0 aliphatic carbocycles. The van der Waals surface area contributed by atoms with Crippen LogP contribution >= 0.6 is 0 Å². The summed E-state index contributed by atoms with van der Waals surface area (Å²) in [5, 5.41) is 6.68. The number of amides is 1. The third-order valence-corrected chi connectivity index (χ3v) is 2.46. The highest BCUT2D eigenvalue weighted by molar-refractivity contribution is 5.91. The molecule has 0 saturated carbocycles. The van der Waals surface area contributed by atoms with Crippen LogP contribution in [0.25, 0.3) is 5.69 Å². The number of carbonyl (C=O) groups is 1. The fourth-order valence-corrected chi connectivity index (χ4v) is 1.57. The van der Waals surface area contributed by atoms with Crippen LogP contribution in [0.1, 0.15) is 10.5 Å². The molecule has 0 spiro atoms. The first-order valence-corrected chi connectivity index (χ1v) is 5.36. The first kappa shape index (κ1) is 12.0. The van der Waals surface area contributed by atoms with Crippen LogP contribution in [0.2, 0.25) is 0 Å². The maximum Gasteiger partial charge on any atom is 0.271 e. The fraction of sp³-hybridized carbons (Fsp3) is 0.167. The Balaban J connectivity index is 2.39. The molecule has 18 heavy (non-hydrogen) atoms. The predicted molar refractivity (Wildman–Crippen MR) is 67.9 cm³/mol. The van der Waals surface area contributed by atoms with Crippen molar-refractivity contribution in [2.24, 2.45) is 0 Å². The van der Waals surface area contributed by atoms with Crippen LogP contribution in [-0.2, 0) is 0 Å². The summed E-state index contributed by atoms with van der Waals surface area (Å²) in [4.78, 5) is 11.4. The lowest BCUT2D eigenvalue weighted by Gasteiger charge is -2.06. The highest BCUT2D eigenvalue weighted by Crippen LogP contribution is 2.21. The Hall–Kier alpha value is -2.50. The van der Waals surface area contributed by atoms with Crippen molar-refractivity contribution in [2.75, 3.05) is 19.9 Å². The minimum absolute atomic E-state index is 0.232. The van der Waals surface area contributed by atoms with Crippen LogP contribution in [0, 0.1) is 0 Å². The van der Waals surface area contributed by atoms with Gasteiger partial charge in [-0.05, 0) is 12.1 Å². The summed E-state index contributed by atoms with van der Waals surface area (Å²) in [6.07, 6.45) is 1.69. The molecular weight excluding hydrogens is 232 g/mol. The standard InChI is InChI=1S/C12H14N4O2/c1-14-12(17)11-3-4-16(15-11)9-5-8(13)6-10(7-9)18-2/h3-7H,13H2,1-2H3,(H,14,17). The maximum atomic E-state index is 11.4. The number of benzene rings is 1. The Kier molecular flexibility index (Phi) is 3.18. The molecule has 3 N–H and O–H groups in total. The molecule has 2 rings (SSSR count). The van der Waals surface area contributed by atoms with Gasteiger partial charge in [-0.25, -0.2) is 4.68 Å². The molecule has 0 radical (unpaired) electrons. The van der Waals surface area contributed by atoms with Crippen LogP contribution < -0.4 is 15.8 Å². The number of carbonyl (C=O) groups excluding carboxylic acids is 1. The molecule has 1 amide bonds. The quantitative estimate of drug-likeness (QED) is 0.786. The van der Waals surface area contributed by atoms with E-state index in [9.17, 15) is 4.79 Å². The zero-order valence-corrected chi connectivity index (χ0v) is 10.2. The molecule has 1 heterocycles. The lowest BCUT2D eigenvalue weighted by atomic mass is 10.2. The van der Waals surface area contributed by atoms with E-state index in [1.54, 1.807) is 49.3 Å². The van der Waals surface area contributed by atoms with Crippen LogP contribution in [0.4, 0.5) is 5.69 Å². The number of aromatic nitrogens is 2. The SMILES string of the molecule is CNC(=O)c1ccn(-c2cc(N)cc(OC)c2)n1. The summed E-state index contributed by atoms with van der Waals surface area (Å²) in [6, 6.07) is 6.89. The van der Waals surface area contributed by atoms with Gasteiger partial charge in [0.1, 0.15) is 5.75 Å². The number of nitrogens with zero attached hydrogens (tertiary/aromatic N) is 2. The first-order valence-electron chi connectivity index (χ1n) is 5.36. The van der Waals surface area contributed by atoms with E-state index >= 15 is 0 Å². The van der Waals surface area contributed by atoms with Crippen molar-refractivity contribution in [1.82, 2.24) is 15.1 Å². The third kappa shape index (κ3) is 2.27. The summed E-state index contributed by atoms with van der Waals surface area (Å²) < 4.78 is 6.71. The van der Waals surface area contributed by atoms with Gasteiger partial charge in [-0.15, -0.1) is 0 Å². The zero-order valence-electron chi connectivity index (χ0n) is 10.2. The molecule has 0 saturated heterocycles. The van der Waals surface area contributed by atoms with E-state index in [2.05, 4.69) is 10.4 Å². The Bertz CT molecular complexity index is 577. The normalized spacial score (nSPS) is 10.1. The number of methoxy groups -OCH3 is 1. The monoisotopic (exact) mass is 246 g/mol. The predicted octanol–water partition coefficient (Wildman–Crippen LogP) is 0.823. The van der Waals surface area contributed by atoms with E-state index < -0.39 is 0 Å². The highest BCUT2D eigenvalue weighted by Gasteiger charge is 2.09. The second kappa shape index (κ2) is 4.79. The number of nitrogen functional groups attached to an aromatic ring is 1. The Morgan fingerprint density at radius 1 is 1.44 bits per heavy atom. The molecule has 0 unspecified atom stereocenters. The van der Waals surface area contributed by atoms with Gasteiger partial charge in [0, 0.05) is 31.1 Å². The zero-order chi connectivity index (χ0) is 13.1. The van der Waals surface area contributed by atoms with Gasteiger partial charge in [-0.2, -0.15) is 5.10 Å². The van der Waals surface area contributed by atoms with E-state index in [0.29, 0.717) is 17.1 Å². The van der Waals surface area contributed by atoms with Crippen molar-refractivity contribution in [3.8, 4) is 11.4 Å². The summed E-state index contributed by atoms with van der Waals surface area (Å²) in [7, 11) is 3.13. The summed E-state index contributed by atoms with van der Waals surface area (Å²) >= 11 is 0. The minimum atomic E-state index is -0.232. The summed E-state index contributed by atoms with van der Waals surface area (Å²) in [5.41, 5.74) is 7.42. The number of ether oxygens (including phenoxy) is 1. The van der Waals surface area contributed by atoms with Crippen molar-refractivity contribution < 1.29 is 9.53 Å². The van der Waals surface area contributed by atoms with Crippen molar-refractivity contribution in [3.63, 3.8) is 0 Å². The van der Waals surface area contributed by atoms with E-state index in [1.807, 2.05) is 0 Å². The molecular formula is C12H14N4O2. The number of nitrogens with one attached hydrogen (secondary N) is 1. The smallest absolute Gasteiger partial charge is 0.271 e. The van der Waals surface area contributed by atoms with E-state index in [0.717, 1.165) is 5.69 Å². The van der Waals surface area contributed by atoms with Gasteiger partial charge in [0.2, 0.25) is 0 Å². The van der Waals surface area contributed by atoms with Gasteiger partial charge in [0.15, 0.2) is 5.69 Å². The molecule has 0 atom stereocenters. The molecule has 1 aromatic carbocycles. The molecule has 94 valence electrons. The van der Waals surface area contributed by atoms with Gasteiger partial charge in [-0.3, -0.25) is 4.79 Å². The van der Waals surface area contributed by atoms with Gasteiger partial charge in [0.25, 0.3) is 5.91 Å². The Morgan fingerprint density at radius 2 is 2.22 bits per heavy atom. The van der Waals surface area contributed by atoms with Crippen molar-refractivity contribution in [1.29, 1.82) is 0 Å². The highest BCUT2D eigenvalue weighted by atomic mass is 16.5. The van der Waals surface area contributed by atoms with Gasteiger partial charge in [-0.1, -0.05) is 0 Å². The van der Waals surface area contributed by atoms with Crippen LogP contribution in [0.3, 0.4) is 0 Å². The van der Waals surface area contributed by atoms with Crippen molar-refractivity contribution in [2.45, 2.75) is 0 Å². The number of rotatable bonds is 3. The van der Waals surface area contributed by atoms with Gasteiger partial charge in [0.05, 0.1) is 12.8 Å². The van der Waals surface area contributed by atoms with Gasteiger partial charge < -0.3 is 15.8 Å². The minimum Gasteiger partial charge on any atom is -0.497 e. The molecule has 0 fully saturated rings. The lowest BCUT2D eigenvalue weighted by Crippen LogP contribution is -2.18. The molecule has 6 heteroatoms. The average molecular weight is 246 g/mol. The molecule has 2 aromatic rings. The number of hydrogen-bond acceptors (Lipinski definition) is 4. The van der Waals surface area contributed by atoms with Crippen LogP contribution in [0.15, 0.2) is 30.5 Å². The topological polar surface area (TPSA) is 82.2 Å². The number of anilines is 1. The third-order valence-electron chi connectivity index (χ3n) is 2.46. The largest absolute Gasteiger partial charge is 0.497 e. The van der Waals surface area contributed by atoms with Crippen molar-refractivity contribution in [3.05, 3.63) is 36.2 Å². The first-order chi connectivity index (χ1) is 8.63. The lowest BCUT2D eigenvalue weighted by molar-refractivity contribution is 0.0958. The molecule has 0 aliphatic rings. The second-order valence-corrected chi connectivity index (χ2v) is 3.69. The number of hydrogen-bond donors (Lipinski definition) is 2. The number of nitrogens with two attached hydrogens (primary N) is 1. The van der Waals surface area contributed by atoms with Crippen LogP contribution in [0.5, 0.6) is 5.75 Å². The molecule has 6 nitrogen and oxygen atoms in total. The maximum absolute atomic E-state index is 11.4. The van der Waals surface area contributed by atoms with Crippen LogP contribution in [-0.4, -0.2) is 29.8 Å². The van der Waals surface area contributed by atoms with Gasteiger partial charge >= 0.3 is 0 Å². The molecule has 1 aromatic heterocycles. The second-order valence-electron chi connectivity index (χ2n) is 3.69. The molecule has 0 bridgehead atoms. The summed E-state index contributed by atoms with van der Waals surface area (Å²) in [6.45, 7) is 0. The Labute approximate surface area is 104 Å². The summed E-state index contributed by atoms with van der Waals surface area (Å²) in [5.74, 6) is 0.409. The van der Waals surface area contributed by atoms with E-state index in [1.165, 1.54) is 0 Å². The fourth-order valence-electron chi connectivity index (χ4n) is 1.57. The van der Waals surface area contributed by atoms with E-state index in [4.69, 9.17) is 10.5 Å². The molecule has 0 aliphatic heterocycles. The van der Waals surface area contributed by atoms with Crippen molar-refractivity contribution >= 4 is 11.6 Å².